The van der Waals surface area contributed by atoms with Crippen LogP contribution in [0.15, 0.2) is 65.6 Å². The van der Waals surface area contributed by atoms with Crippen molar-refractivity contribution in [1.29, 1.82) is 0 Å². The van der Waals surface area contributed by atoms with Gasteiger partial charge in [0.05, 0.1) is 0 Å². The predicted molar refractivity (Wildman–Crippen MR) is 78.6 cm³/mol. The summed E-state index contributed by atoms with van der Waals surface area (Å²) in [6.07, 6.45) is 3.41. The topological polar surface area (TPSA) is 56.7 Å². The summed E-state index contributed by atoms with van der Waals surface area (Å²) in [4.78, 5) is 4.50. The highest BCUT2D eigenvalue weighted by Crippen LogP contribution is 2.24. The monoisotopic (exact) mass is 276 g/mol. The quantitative estimate of drug-likeness (QED) is 0.577. The SMILES string of the molecule is c1ccc2oc(-c3ccc(Cn4cnnc4)cc3)nc2c1. The molecule has 2 aromatic heterocycles. The molecule has 0 aliphatic heterocycles. The first-order valence-corrected chi connectivity index (χ1v) is 6.66. The lowest BCUT2D eigenvalue weighted by molar-refractivity contribution is 0.620. The summed E-state index contributed by atoms with van der Waals surface area (Å²) in [6, 6.07) is 15.9. The van der Waals surface area contributed by atoms with Crippen LogP contribution in [0.25, 0.3) is 22.6 Å². The van der Waals surface area contributed by atoms with E-state index in [0.717, 1.165) is 23.2 Å². The van der Waals surface area contributed by atoms with Gasteiger partial charge in [0.1, 0.15) is 18.2 Å². The van der Waals surface area contributed by atoms with Crippen LogP contribution in [-0.2, 0) is 6.54 Å². The molecule has 0 unspecified atom stereocenters. The Morgan fingerprint density at radius 1 is 0.905 bits per heavy atom. The second-order valence-electron chi connectivity index (χ2n) is 4.82. The molecule has 2 heterocycles. The van der Waals surface area contributed by atoms with Crippen LogP contribution in [0.2, 0.25) is 0 Å². The zero-order valence-corrected chi connectivity index (χ0v) is 11.2. The van der Waals surface area contributed by atoms with E-state index < -0.39 is 0 Å². The van der Waals surface area contributed by atoms with Crippen molar-refractivity contribution in [3.05, 3.63) is 66.7 Å². The van der Waals surface area contributed by atoms with E-state index in [0.29, 0.717) is 5.89 Å². The Balaban J connectivity index is 1.63. The average molecular weight is 276 g/mol. The van der Waals surface area contributed by atoms with E-state index in [4.69, 9.17) is 4.42 Å². The number of nitrogens with zero attached hydrogens (tertiary/aromatic N) is 4. The van der Waals surface area contributed by atoms with E-state index in [1.165, 1.54) is 5.56 Å². The van der Waals surface area contributed by atoms with Gasteiger partial charge in [0.25, 0.3) is 0 Å². The molecule has 0 amide bonds. The summed E-state index contributed by atoms with van der Waals surface area (Å²) in [6.45, 7) is 0.751. The number of benzene rings is 2. The molecule has 2 aromatic carbocycles. The van der Waals surface area contributed by atoms with Gasteiger partial charge in [-0.3, -0.25) is 0 Å². The fourth-order valence-corrected chi connectivity index (χ4v) is 2.26. The minimum atomic E-state index is 0.645. The Kier molecular flexibility index (Phi) is 2.74. The van der Waals surface area contributed by atoms with Crippen molar-refractivity contribution in [3.63, 3.8) is 0 Å². The lowest BCUT2D eigenvalue weighted by atomic mass is 10.1. The minimum absolute atomic E-state index is 0.645. The van der Waals surface area contributed by atoms with Crippen LogP contribution in [0.4, 0.5) is 0 Å². The highest BCUT2D eigenvalue weighted by molar-refractivity contribution is 5.75. The minimum Gasteiger partial charge on any atom is -0.436 e. The van der Waals surface area contributed by atoms with Crippen molar-refractivity contribution in [2.75, 3.05) is 0 Å². The number of rotatable bonds is 3. The first-order chi connectivity index (χ1) is 10.4. The maximum atomic E-state index is 5.76. The van der Waals surface area contributed by atoms with Gasteiger partial charge in [-0.1, -0.05) is 24.3 Å². The second kappa shape index (κ2) is 4.86. The van der Waals surface area contributed by atoms with Gasteiger partial charge >= 0.3 is 0 Å². The van der Waals surface area contributed by atoms with Crippen molar-refractivity contribution in [3.8, 4) is 11.5 Å². The molecule has 0 saturated heterocycles. The number of oxazole rings is 1. The molecule has 0 fully saturated rings. The maximum Gasteiger partial charge on any atom is 0.227 e. The van der Waals surface area contributed by atoms with Gasteiger partial charge < -0.3 is 8.98 Å². The van der Waals surface area contributed by atoms with Crippen LogP contribution in [0, 0.1) is 0 Å². The van der Waals surface area contributed by atoms with Crippen LogP contribution in [0.5, 0.6) is 0 Å². The van der Waals surface area contributed by atoms with Gasteiger partial charge in [0.15, 0.2) is 5.58 Å². The lowest BCUT2D eigenvalue weighted by Gasteiger charge is -2.02. The lowest BCUT2D eigenvalue weighted by Crippen LogP contribution is -1.96. The highest BCUT2D eigenvalue weighted by Gasteiger charge is 2.07. The van der Waals surface area contributed by atoms with Crippen molar-refractivity contribution in [1.82, 2.24) is 19.7 Å². The summed E-state index contributed by atoms with van der Waals surface area (Å²) in [5.41, 5.74) is 3.83. The summed E-state index contributed by atoms with van der Waals surface area (Å²) in [7, 11) is 0. The van der Waals surface area contributed by atoms with E-state index in [-0.39, 0.29) is 0 Å². The molecular formula is C16H12N4O. The first kappa shape index (κ1) is 11.8. The number of fused-ring (bicyclic) bond motifs is 1. The molecule has 0 aliphatic carbocycles. The molecule has 4 rings (SSSR count). The number of hydrogen-bond donors (Lipinski definition) is 0. The molecule has 0 N–H and O–H groups in total. The Hall–Kier alpha value is -2.95. The molecule has 0 aliphatic rings. The van der Waals surface area contributed by atoms with Crippen LogP contribution in [0.1, 0.15) is 5.56 Å². The van der Waals surface area contributed by atoms with Gasteiger partial charge in [-0.25, -0.2) is 4.98 Å². The van der Waals surface area contributed by atoms with E-state index in [9.17, 15) is 0 Å². The summed E-state index contributed by atoms with van der Waals surface area (Å²) in [5, 5.41) is 7.59. The second-order valence-corrected chi connectivity index (χ2v) is 4.82. The Morgan fingerprint density at radius 3 is 2.43 bits per heavy atom. The van der Waals surface area contributed by atoms with Crippen LogP contribution in [0.3, 0.4) is 0 Å². The molecule has 4 aromatic rings. The normalized spacial score (nSPS) is 11.0. The van der Waals surface area contributed by atoms with E-state index in [1.807, 2.05) is 41.0 Å². The van der Waals surface area contributed by atoms with Gasteiger partial charge in [-0.15, -0.1) is 10.2 Å². The number of hydrogen-bond acceptors (Lipinski definition) is 4. The Morgan fingerprint density at radius 2 is 1.67 bits per heavy atom. The third kappa shape index (κ3) is 2.29. The molecule has 0 radical (unpaired) electrons. The van der Waals surface area contributed by atoms with Crippen molar-refractivity contribution >= 4 is 11.1 Å². The highest BCUT2D eigenvalue weighted by atomic mass is 16.3. The van der Waals surface area contributed by atoms with Gasteiger partial charge in [-0.05, 0) is 29.8 Å². The van der Waals surface area contributed by atoms with E-state index in [2.05, 4.69) is 27.3 Å². The van der Waals surface area contributed by atoms with Crippen molar-refractivity contribution in [2.45, 2.75) is 6.54 Å². The standard InChI is InChI=1S/C16H12N4O/c1-2-4-15-14(3-1)19-16(21-15)13-7-5-12(6-8-13)9-20-10-17-18-11-20/h1-8,10-11H,9H2. The zero-order valence-electron chi connectivity index (χ0n) is 11.2. The van der Waals surface area contributed by atoms with Gasteiger partial charge in [0, 0.05) is 12.1 Å². The summed E-state index contributed by atoms with van der Waals surface area (Å²) >= 11 is 0. The molecule has 0 spiro atoms. The molecule has 0 saturated carbocycles. The van der Waals surface area contributed by atoms with Crippen molar-refractivity contribution in [2.24, 2.45) is 0 Å². The maximum absolute atomic E-state index is 5.76. The Bertz CT molecular complexity index is 830. The number of aromatic nitrogens is 4. The average Bonchev–Trinajstić information content (AvgIpc) is 3.16. The van der Waals surface area contributed by atoms with Crippen LogP contribution >= 0.6 is 0 Å². The first-order valence-electron chi connectivity index (χ1n) is 6.66. The molecule has 0 atom stereocenters. The molecule has 5 heteroatoms. The molecular weight excluding hydrogens is 264 g/mol. The Labute approximate surface area is 120 Å². The molecule has 102 valence electrons. The van der Waals surface area contributed by atoms with Crippen LogP contribution < -0.4 is 0 Å². The van der Waals surface area contributed by atoms with E-state index in [1.54, 1.807) is 12.7 Å². The molecule has 5 nitrogen and oxygen atoms in total. The predicted octanol–water partition coefficient (Wildman–Crippen LogP) is 3.13. The largest absolute Gasteiger partial charge is 0.436 e. The fourth-order valence-electron chi connectivity index (χ4n) is 2.26. The zero-order chi connectivity index (χ0) is 14.1. The van der Waals surface area contributed by atoms with Crippen LogP contribution in [-0.4, -0.2) is 19.7 Å². The fraction of sp³-hybridized carbons (Fsp3) is 0.0625. The molecule has 0 bridgehead atoms. The number of para-hydroxylation sites is 2. The third-order valence-electron chi connectivity index (χ3n) is 3.33. The van der Waals surface area contributed by atoms with E-state index >= 15 is 0 Å². The summed E-state index contributed by atoms with van der Waals surface area (Å²) < 4.78 is 7.69. The van der Waals surface area contributed by atoms with Crippen molar-refractivity contribution < 1.29 is 4.42 Å². The third-order valence-corrected chi connectivity index (χ3v) is 3.33. The van der Waals surface area contributed by atoms with Gasteiger partial charge in [-0.2, -0.15) is 0 Å². The van der Waals surface area contributed by atoms with Gasteiger partial charge in [0.2, 0.25) is 5.89 Å². The molecule has 21 heavy (non-hydrogen) atoms. The smallest absolute Gasteiger partial charge is 0.227 e. The summed E-state index contributed by atoms with van der Waals surface area (Å²) in [5.74, 6) is 0.645.